The zero-order valence-corrected chi connectivity index (χ0v) is 15.6. The molecular formula is C20H21N3O4. The van der Waals surface area contributed by atoms with Gasteiger partial charge >= 0.3 is 6.03 Å². The van der Waals surface area contributed by atoms with Gasteiger partial charge in [0.2, 0.25) is 0 Å². The van der Waals surface area contributed by atoms with Crippen LogP contribution in [-0.4, -0.2) is 29.5 Å². The number of nitrogens with one attached hydrogen (secondary N) is 1. The van der Waals surface area contributed by atoms with Gasteiger partial charge in [-0.15, -0.1) is 0 Å². The molecule has 1 aromatic carbocycles. The number of carbonyl (C=O) groups excluding carboxylic acids is 3. The Labute approximate surface area is 157 Å². The zero-order valence-electron chi connectivity index (χ0n) is 15.6. The van der Waals surface area contributed by atoms with E-state index in [-0.39, 0.29) is 11.6 Å². The largest absolute Gasteiger partial charge is 0.497 e. The smallest absolute Gasteiger partial charge is 0.335 e. The second-order valence-corrected chi connectivity index (χ2v) is 6.57. The number of methoxy groups -OCH3 is 1. The van der Waals surface area contributed by atoms with Crippen LogP contribution in [0.25, 0.3) is 6.08 Å². The van der Waals surface area contributed by atoms with Crippen LogP contribution in [0.5, 0.6) is 5.75 Å². The number of urea groups is 1. The van der Waals surface area contributed by atoms with Crippen LogP contribution in [0.15, 0.2) is 42.1 Å². The van der Waals surface area contributed by atoms with Crippen LogP contribution in [-0.2, 0) is 9.59 Å². The minimum atomic E-state index is -0.775. The van der Waals surface area contributed by atoms with Gasteiger partial charge in [0.15, 0.2) is 0 Å². The number of aryl methyl sites for hydroxylation is 1. The van der Waals surface area contributed by atoms with E-state index in [4.69, 9.17) is 4.74 Å². The standard InChI is InChI=1S/C20H21N3O4/c1-12(2)22-11-14(9-13(22)3)10-17-18(24)21-20(26)23(19(17)25)15-5-7-16(27-4)8-6-15/h5-12H,1-4H3,(H,21,24,26)/b17-10-. The lowest BCUT2D eigenvalue weighted by molar-refractivity contribution is -0.122. The Hall–Kier alpha value is -3.35. The van der Waals surface area contributed by atoms with E-state index in [1.807, 2.05) is 37.6 Å². The van der Waals surface area contributed by atoms with Crippen LogP contribution in [0.4, 0.5) is 10.5 Å². The molecule has 0 bridgehead atoms. The molecule has 2 heterocycles. The van der Waals surface area contributed by atoms with Crippen LogP contribution in [0.2, 0.25) is 0 Å². The molecule has 27 heavy (non-hydrogen) atoms. The summed E-state index contributed by atoms with van der Waals surface area (Å²) in [6.07, 6.45) is 3.38. The van der Waals surface area contributed by atoms with Crippen molar-refractivity contribution in [3.63, 3.8) is 0 Å². The van der Waals surface area contributed by atoms with Crippen LogP contribution >= 0.6 is 0 Å². The first-order valence-electron chi connectivity index (χ1n) is 8.56. The van der Waals surface area contributed by atoms with E-state index < -0.39 is 17.8 Å². The van der Waals surface area contributed by atoms with E-state index in [9.17, 15) is 14.4 Å². The summed E-state index contributed by atoms with van der Waals surface area (Å²) in [4.78, 5) is 38.3. The monoisotopic (exact) mass is 367 g/mol. The number of barbiturate groups is 1. The Morgan fingerprint density at radius 2 is 1.78 bits per heavy atom. The molecule has 2 aromatic rings. The topological polar surface area (TPSA) is 80.6 Å². The lowest BCUT2D eigenvalue weighted by atomic mass is 10.1. The summed E-state index contributed by atoms with van der Waals surface area (Å²) in [5, 5.41) is 2.22. The average molecular weight is 367 g/mol. The predicted octanol–water partition coefficient (Wildman–Crippen LogP) is 3.05. The Bertz CT molecular complexity index is 939. The maximum Gasteiger partial charge on any atom is 0.335 e. The molecule has 0 atom stereocenters. The molecule has 4 amide bonds. The fraction of sp³-hybridized carbons (Fsp3) is 0.250. The Morgan fingerprint density at radius 3 is 2.33 bits per heavy atom. The summed E-state index contributed by atoms with van der Waals surface area (Å²) in [6.45, 7) is 6.05. The number of hydrogen-bond acceptors (Lipinski definition) is 4. The molecule has 0 aliphatic carbocycles. The Balaban J connectivity index is 1.98. The highest BCUT2D eigenvalue weighted by atomic mass is 16.5. The normalized spacial score (nSPS) is 16.3. The third kappa shape index (κ3) is 3.48. The third-order valence-corrected chi connectivity index (χ3v) is 4.37. The molecule has 1 saturated heterocycles. The van der Waals surface area contributed by atoms with Crippen LogP contribution in [0.3, 0.4) is 0 Å². The van der Waals surface area contributed by atoms with Crippen molar-refractivity contribution in [2.75, 3.05) is 12.0 Å². The first-order chi connectivity index (χ1) is 12.8. The number of rotatable bonds is 4. The molecule has 1 N–H and O–H groups in total. The quantitative estimate of drug-likeness (QED) is 0.665. The van der Waals surface area contributed by atoms with Gasteiger partial charge in [-0.25, -0.2) is 9.69 Å². The number of hydrogen-bond donors (Lipinski definition) is 1. The molecule has 0 unspecified atom stereocenters. The van der Waals surface area contributed by atoms with Gasteiger partial charge in [0, 0.05) is 17.9 Å². The zero-order chi connectivity index (χ0) is 19.7. The van der Waals surface area contributed by atoms with Crippen LogP contribution in [0, 0.1) is 6.92 Å². The molecule has 1 aromatic heterocycles. The molecule has 0 radical (unpaired) electrons. The molecule has 0 saturated carbocycles. The summed E-state index contributed by atoms with van der Waals surface area (Å²) >= 11 is 0. The molecule has 7 heteroatoms. The van der Waals surface area contributed by atoms with Gasteiger partial charge in [-0.05, 0) is 62.7 Å². The van der Waals surface area contributed by atoms with E-state index >= 15 is 0 Å². The lowest BCUT2D eigenvalue weighted by Gasteiger charge is -2.26. The van der Waals surface area contributed by atoms with Crippen molar-refractivity contribution in [3.05, 3.63) is 53.4 Å². The molecule has 1 aliphatic heterocycles. The van der Waals surface area contributed by atoms with Crippen molar-refractivity contribution < 1.29 is 19.1 Å². The van der Waals surface area contributed by atoms with Gasteiger partial charge < -0.3 is 9.30 Å². The molecule has 1 aliphatic rings. The molecule has 140 valence electrons. The average Bonchev–Trinajstić information content (AvgIpc) is 3.00. The van der Waals surface area contributed by atoms with Crippen molar-refractivity contribution in [1.29, 1.82) is 0 Å². The van der Waals surface area contributed by atoms with E-state index in [1.165, 1.54) is 13.2 Å². The number of amides is 4. The molecule has 1 fully saturated rings. The first kappa shape index (κ1) is 18.4. The summed E-state index contributed by atoms with van der Waals surface area (Å²) < 4.78 is 7.13. The van der Waals surface area contributed by atoms with E-state index in [0.717, 1.165) is 16.2 Å². The number of carbonyl (C=O) groups is 3. The van der Waals surface area contributed by atoms with Gasteiger partial charge in [0.05, 0.1) is 12.8 Å². The van der Waals surface area contributed by atoms with Crippen molar-refractivity contribution >= 4 is 29.6 Å². The Morgan fingerprint density at radius 1 is 1.11 bits per heavy atom. The number of anilines is 1. The highest BCUT2D eigenvalue weighted by Crippen LogP contribution is 2.25. The highest BCUT2D eigenvalue weighted by molar-refractivity contribution is 6.39. The number of aromatic nitrogens is 1. The predicted molar refractivity (Wildman–Crippen MR) is 102 cm³/mol. The van der Waals surface area contributed by atoms with E-state index in [0.29, 0.717) is 11.4 Å². The van der Waals surface area contributed by atoms with Gasteiger partial charge in [0.25, 0.3) is 11.8 Å². The number of ether oxygens (including phenoxy) is 1. The highest BCUT2D eigenvalue weighted by Gasteiger charge is 2.36. The Kier molecular flexibility index (Phi) is 4.85. The SMILES string of the molecule is COc1ccc(N2C(=O)NC(=O)/C(=C/c3cc(C)n(C(C)C)c3)C2=O)cc1. The number of imide groups is 2. The van der Waals surface area contributed by atoms with Crippen LogP contribution < -0.4 is 15.0 Å². The first-order valence-corrected chi connectivity index (χ1v) is 8.56. The summed E-state index contributed by atoms with van der Waals surface area (Å²) in [5.41, 5.74) is 2.01. The number of nitrogens with zero attached hydrogens (tertiary/aromatic N) is 2. The molecular weight excluding hydrogens is 346 g/mol. The minimum Gasteiger partial charge on any atom is -0.497 e. The van der Waals surface area contributed by atoms with Crippen molar-refractivity contribution in [3.8, 4) is 5.75 Å². The summed E-state index contributed by atoms with van der Waals surface area (Å²) in [5.74, 6) is -0.769. The third-order valence-electron chi connectivity index (χ3n) is 4.37. The second-order valence-electron chi connectivity index (χ2n) is 6.57. The fourth-order valence-electron chi connectivity index (χ4n) is 3.04. The van der Waals surface area contributed by atoms with Crippen molar-refractivity contribution in [2.45, 2.75) is 26.8 Å². The molecule has 7 nitrogen and oxygen atoms in total. The lowest BCUT2D eigenvalue weighted by Crippen LogP contribution is -2.54. The van der Waals surface area contributed by atoms with Crippen LogP contribution in [0.1, 0.15) is 31.1 Å². The van der Waals surface area contributed by atoms with Crippen molar-refractivity contribution in [2.24, 2.45) is 0 Å². The second kappa shape index (κ2) is 7.11. The summed E-state index contributed by atoms with van der Waals surface area (Å²) in [7, 11) is 1.53. The summed E-state index contributed by atoms with van der Waals surface area (Å²) in [6, 6.07) is 7.83. The fourth-order valence-corrected chi connectivity index (χ4v) is 3.04. The maximum atomic E-state index is 12.9. The molecule has 0 spiro atoms. The van der Waals surface area contributed by atoms with Gasteiger partial charge in [0.1, 0.15) is 11.3 Å². The van der Waals surface area contributed by atoms with E-state index in [1.54, 1.807) is 24.3 Å². The minimum absolute atomic E-state index is 0.0914. The number of benzene rings is 1. The van der Waals surface area contributed by atoms with Gasteiger partial charge in [-0.3, -0.25) is 14.9 Å². The van der Waals surface area contributed by atoms with E-state index in [2.05, 4.69) is 5.32 Å². The van der Waals surface area contributed by atoms with Gasteiger partial charge in [-0.2, -0.15) is 0 Å². The maximum absolute atomic E-state index is 12.9. The van der Waals surface area contributed by atoms with Gasteiger partial charge in [-0.1, -0.05) is 0 Å². The molecule has 3 rings (SSSR count). The van der Waals surface area contributed by atoms with Crippen molar-refractivity contribution in [1.82, 2.24) is 9.88 Å².